The number of nitrogens with zero attached hydrogens (tertiary/aromatic N) is 1. The van der Waals surface area contributed by atoms with Gasteiger partial charge in [-0.05, 0) is 25.5 Å². The van der Waals surface area contributed by atoms with Gasteiger partial charge in [-0.1, -0.05) is 0 Å². The molecule has 3 N–H and O–H groups in total. The summed E-state index contributed by atoms with van der Waals surface area (Å²) in [5.41, 5.74) is 0. The maximum absolute atomic E-state index is 10.7. The van der Waals surface area contributed by atoms with E-state index in [1.807, 2.05) is 19.1 Å². The second-order valence-electron chi connectivity index (χ2n) is 4.35. The SMILES string of the molecule is CCNC(=NCCCNC(C)=O)NCCc1ccco1.I. The summed E-state index contributed by atoms with van der Waals surface area (Å²) in [6.45, 7) is 6.47. The summed E-state index contributed by atoms with van der Waals surface area (Å²) in [5.74, 6) is 1.75. The van der Waals surface area contributed by atoms with E-state index in [-0.39, 0.29) is 29.9 Å². The molecule has 1 heterocycles. The Kier molecular flexibility index (Phi) is 11.7. The van der Waals surface area contributed by atoms with Crippen molar-refractivity contribution < 1.29 is 9.21 Å². The molecule has 0 aromatic carbocycles. The maximum atomic E-state index is 10.7. The second-order valence-corrected chi connectivity index (χ2v) is 4.35. The molecule has 7 heteroatoms. The zero-order chi connectivity index (χ0) is 14.6. The lowest BCUT2D eigenvalue weighted by Crippen LogP contribution is -2.38. The molecule has 0 radical (unpaired) electrons. The number of furan rings is 1. The van der Waals surface area contributed by atoms with Crippen LogP contribution in [0.2, 0.25) is 0 Å². The molecular formula is C14H25IN4O2. The average molecular weight is 408 g/mol. The quantitative estimate of drug-likeness (QED) is 0.264. The molecule has 0 fully saturated rings. The van der Waals surface area contributed by atoms with Crippen molar-refractivity contribution in [3.63, 3.8) is 0 Å². The van der Waals surface area contributed by atoms with Crippen molar-refractivity contribution in [3.8, 4) is 0 Å². The molecule has 1 amide bonds. The van der Waals surface area contributed by atoms with Crippen LogP contribution in [0.1, 0.15) is 26.0 Å². The van der Waals surface area contributed by atoms with Crippen LogP contribution in [0.3, 0.4) is 0 Å². The molecule has 0 aliphatic carbocycles. The Labute approximate surface area is 143 Å². The lowest BCUT2D eigenvalue weighted by molar-refractivity contribution is -0.118. The molecule has 0 spiro atoms. The van der Waals surface area contributed by atoms with Crippen LogP contribution in [0.15, 0.2) is 27.8 Å². The molecule has 0 aliphatic rings. The van der Waals surface area contributed by atoms with Gasteiger partial charge in [0.25, 0.3) is 0 Å². The van der Waals surface area contributed by atoms with E-state index in [1.165, 1.54) is 6.92 Å². The van der Waals surface area contributed by atoms with Crippen LogP contribution in [-0.2, 0) is 11.2 Å². The molecule has 21 heavy (non-hydrogen) atoms. The van der Waals surface area contributed by atoms with E-state index in [1.54, 1.807) is 6.26 Å². The van der Waals surface area contributed by atoms with Gasteiger partial charge in [-0.25, -0.2) is 0 Å². The topological polar surface area (TPSA) is 78.7 Å². The predicted octanol–water partition coefficient (Wildman–Crippen LogP) is 1.52. The Morgan fingerprint density at radius 2 is 2.10 bits per heavy atom. The summed E-state index contributed by atoms with van der Waals surface area (Å²) in [6, 6.07) is 3.84. The van der Waals surface area contributed by atoms with Gasteiger partial charge in [0.2, 0.25) is 5.91 Å². The predicted molar refractivity (Wildman–Crippen MR) is 95.1 cm³/mol. The van der Waals surface area contributed by atoms with Crippen LogP contribution < -0.4 is 16.0 Å². The summed E-state index contributed by atoms with van der Waals surface area (Å²) in [5, 5.41) is 9.19. The number of amides is 1. The Morgan fingerprint density at radius 3 is 2.71 bits per heavy atom. The third-order valence-electron chi connectivity index (χ3n) is 2.57. The van der Waals surface area contributed by atoms with Crippen LogP contribution >= 0.6 is 24.0 Å². The Balaban J connectivity index is 0.00000400. The number of nitrogens with one attached hydrogen (secondary N) is 3. The van der Waals surface area contributed by atoms with Gasteiger partial charge in [-0.2, -0.15) is 0 Å². The lowest BCUT2D eigenvalue weighted by atomic mass is 10.3. The van der Waals surface area contributed by atoms with Crippen molar-refractivity contribution in [3.05, 3.63) is 24.2 Å². The van der Waals surface area contributed by atoms with E-state index in [2.05, 4.69) is 20.9 Å². The Morgan fingerprint density at radius 1 is 1.29 bits per heavy atom. The first-order valence-corrected chi connectivity index (χ1v) is 7.01. The fourth-order valence-corrected chi connectivity index (χ4v) is 1.64. The van der Waals surface area contributed by atoms with Crippen LogP contribution in [0, 0.1) is 0 Å². The average Bonchev–Trinajstić information content (AvgIpc) is 2.91. The van der Waals surface area contributed by atoms with Gasteiger partial charge in [0.15, 0.2) is 5.96 Å². The highest BCUT2D eigenvalue weighted by Crippen LogP contribution is 1.99. The summed E-state index contributed by atoms with van der Waals surface area (Å²) in [7, 11) is 0. The van der Waals surface area contributed by atoms with Crippen molar-refractivity contribution in [1.29, 1.82) is 0 Å². The van der Waals surface area contributed by atoms with E-state index in [0.717, 1.165) is 37.7 Å². The van der Waals surface area contributed by atoms with Gasteiger partial charge in [0, 0.05) is 39.5 Å². The van der Waals surface area contributed by atoms with Gasteiger partial charge in [-0.15, -0.1) is 24.0 Å². The number of carbonyl (C=O) groups is 1. The van der Waals surface area contributed by atoms with Gasteiger partial charge < -0.3 is 20.4 Å². The van der Waals surface area contributed by atoms with E-state index in [4.69, 9.17) is 4.42 Å². The summed E-state index contributed by atoms with van der Waals surface area (Å²) < 4.78 is 5.27. The number of hydrogen-bond acceptors (Lipinski definition) is 3. The number of carbonyl (C=O) groups excluding carboxylic acids is 1. The van der Waals surface area contributed by atoms with Gasteiger partial charge in [0.1, 0.15) is 5.76 Å². The summed E-state index contributed by atoms with van der Waals surface area (Å²) in [6.07, 6.45) is 3.33. The molecule has 0 bridgehead atoms. The standard InChI is InChI=1S/C14H24N4O2.HI/c1-3-15-14(17-9-5-8-16-12(2)19)18-10-7-13-6-4-11-20-13;/h4,6,11H,3,5,7-10H2,1-2H3,(H,16,19)(H2,15,17,18);1H. The number of rotatable bonds is 8. The van der Waals surface area contributed by atoms with E-state index in [9.17, 15) is 4.79 Å². The van der Waals surface area contributed by atoms with Crippen LogP contribution in [0.25, 0.3) is 0 Å². The monoisotopic (exact) mass is 408 g/mol. The molecule has 1 rings (SSSR count). The second kappa shape index (κ2) is 12.5. The molecule has 120 valence electrons. The lowest BCUT2D eigenvalue weighted by Gasteiger charge is -2.10. The van der Waals surface area contributed by atoms with Crippen molar-refractivity contribution >= 4 is 35.8 Å². The first-order valence-electron chi connectivity index (χ1n) is 7.01. The van der Waals surface area contributed by atoms with Crippen molar-refractivity contribution in [1.82, 2.24) is 16.0 Å². The van der Waals surface area contributed by atoms with Crippen molar-refractivity contribution in [2.45, 2.75) is 26.7 Å². The highest BCUT2D eigenvalue weighted by Gasteiger charge is 1.99. The van der Waals surface area contributed by atoms with Crippen molar-refractivity contribution in [2.24, 2.45) is 4.99 Å². The maximum Gasteiger partial charge on any atom is 0.216 e. The highest BCUT2D eigenvalue weighted by molar-refractivity contribution is 14.0. The van der Waals surface area contributed by atoms with Gasteiger partial charge >= 0.3 is 0 Å². The molecule has 6 nitrogen and oxygen atoms in total. The zero-order valence-corrected chi connectivity index (χ0v) is 15.0. The third-order valence-corrected chi connectivity index (χ3v) is 2.57. The highest BCUT2D eigenvalue weighted by atomic mass is 127. The fourth-order valence-electron chi connectivity index (χ4n) is 1.64. The molecule has 1 aromatic rings. The number of hydrogen-bond donors (Lipinski definition) is 3. The minimum Gasteiger partial charge on any atom is -0.469 e. The molecule has 0 aliphatic heterocycles. The van der Waals surface area contributed by atoms with E-state index >= 15 is 0 Å². The third kappa shape index (κ3) is 10.2. The number of halogens is 1. The molecule has 0 saturated carbocycles. The van der Waals surface area contributed by atoms with E-state index in [0.29, 0.717) is 13.1 Å². The Bertz CT molecular complexity index is 407. The molecule has 0 unspecified atom stereocenters. The molecule has 1 aromatic heterocycles. The molecule has 0 atom stereocenters. The minimum atomic E-state index is -0.00235. The van der Waals surface area contributed by atoms with E-state index < -0.39 is 0 Å². The molecular weight excluding hydrogens is 383 g/mol. The van der Waals surface area contributed by atoms with Crippen LogP contribution in [0.5, 0.6) is 0 Å². The van der Waals surface area contributed by atoms with Crippen LogP contribution in [0.4, 0.5) is 0 Å². The number of guanidine groups is 1. The number of aliphatic imine (C=N–C) groups is 1. The fraction of sp³-hybridized carbons (Fsp3) is 0.571. The summed E-state index contributed by atoms with van der Waals surface area (Å²) in [4.78, 5) is 15.2. The molecule has 0 saturated heterocycles. The van der Waals surface area contributed by atoms with Crippen molar-refractivity contribution in [2.75, 3.05) is 26.2 Å². The van der Waals surface area contributed by atoms with Gasteiger partial charge in [0.05, 0.1) is 6.26 Å². The smallest absolute Gasteiger partial charge is 0.216 e. The normalized spacial score (nSPS) is 10.7. The minimum absolute atomic E-state index is 0. The largest absolute Gasteiger partial charge is 0.469 e. The first-order chi connectivity index (χ1) is 9.72. The zero-order valence-electron chi connectivity index (χ0n) is 12.6. The van der Waals surface area contributed by atoms with Gasteiger partial charge in [-0.3, -0.25) is 9.79 Å². The summed E-state index contributed by atoms with van der Waals surface area (Å²) >= 11 is 0. The Hall–Kier alpha value is -1.25. The van der Waals surface area contributed by atoms with Crippen LogP contribution in [-0.4, -0.2) is 38.0 Å². The first kappa shape index (κ1) is 19.8.